The predicted octanol–water partition coefficient (Wildman–Crippen LogP) is 6.20. The average molecular weight is 485 g/mol. The number of hydrogen-bond donors (Lipinski definition) is 2. The lowest BCUT2D eigenvalue weighted by Crippen LogP contribution is -2.11. The van der Waals surface area contributed by atoms with Crippen LogP contribution in [0, 0.1) is 6.92 Å². The molecule has 7 nitrogen and oxygen atoms in total. The zero-order valence-electron chi connectivity index (χ0n) is 16.8. The number of nitrogens with zero attached hydrogens (tertiary/aromatic N) is 2. The number of hydrogen-bond acceptors (Lipinski definition) is 8. The molecule has 3 aromatic heterocycles. The molecule has 0 aliphatic rings. The van der Waals surface area contributed by atoms with Gasteiger partial charge in [-0.1, -0.05) is 22.9 Å². The molecule has 0 saturated heterocycles. The molecule has 3 heterocycles. The Morgan fingerprint density at radius 1 is 1.12 bits per heavy atom. The summed E-state index contributed by atoms with van der Waals surface area (Å²) >= 11 is 8.74. The van der Waals surface area contributed by atoms with E-state index in [0.717, 1.165) is 20.4 Å². The van der Waals surface area contributed by atoms with Crippen molar-refractivity contribution in [3.63, 3.8) is 0 Å². The van der Waals surface area contributed by atoms with Gasteiger partial charge in [-0.25, -0.2) is 9.97 Å². The first-order chi connectivity index (χ1) is 15.5. The Morgan fingerprint density at radius 3 is 2.78 bits per heavy atom. The van der Waals surface area contributed by atoms with Gasteiger partial charge >= 0.3 is 0 Å². The molecule has 0 aliphatic heterocycles. The second-order valence-electron chi connectivity index (χ2n) is 6.90. The van der Waals surface area contributed by atoms with Gasteiger partial charge in [-0.2, -0.15) is 0 Å². The highest BCUT2D eigenvalue weighted by molar-refractivity contribution is 7.29. The Morgan fingerprint density at radius 2 is 1.97 bits per heavy atom. The molecule has 0 saturated carbocycles. The van der Waals surface area contributed by atoms with E-state index in [4.69, 9.17) is 20.8 Å². The van der Waals surface area contributed by atoms with Crippen LogP contribution in [0.3, 0.4) is 0 Å². The number of oxazole rings is 1. The fourth-order valence-corrected chi connectivity index (χ4v) is 5.26. The number of amides is 1. The second-order valence-corrected chi connectivity index (χ2v) is 9.40. The third kappa shape index (κ3) is 4.55. The van der Waals surface area contributed by atoms with Crippen molar-refractivity contribution < 1.29 is 13.9 Å². The Bertz CT molecular complexity index is 1380. The number of benzene rings is 2. The van der Waals surface area contributed by atoms with E-state index in [9.17, 15) is 4.79 Å². The molecule has 1 amide bonds. The quantitative estimate of drug-likeness (QED) is 0.267. The number of aryl methyl sites for hydroxylation is 1. The zero-order valence-corrected chi connectivity index (χ0v) is 19.2. The van der Waals surface area contributed by atoms with E-state index in [-0.39, 0.29) is 5.91 Å². The van der Waals surface area contributed by atoms with Crippen molar-refractivity contribution in [3.05, 3.63) is 64.3 Å². The van der Waals surface area contributed by atoms with Crippen LogP contribution in [0.2, 0.25) is 5.02 Å². The number of rotatable bonds is 7. The molecule has 0 unspecified atom stereocenters. The van der Waals surface area contributed by atoms with Crippen LogP contribution in [-0.4, -0.2) is 29.0 Å². The van der Waals surface area contributed by atoms with Crippen LogP contribution < -0.4 is 15.4 Å². The van der Waals surface area contributed by atoms with Gasteiger partial charge in [-0.3, -0.25) is 4.79 Å². The highest BCUT2D eigenvalue weighted by atomic mass is 35.5. The fourth-order valence-electron chi connectivity index (χ4n) is 3.09. The van der Waals surface area contributed by atoms with Gasteiger partial charge in [0.05, 0.1) is 16.1 Å². The maximum absolute atomic E-state index is 12.7. The largest absolute Gasteiger partial charge is 0.492 e. The van der Waals surface area contributed by atoms with E-state index >= 15 is 0 Å². The molecule has 0 fully saturated rings. The molecule has 32 heavy (non-hydrogen) atoms. The zero-order chi connectivity index (χ0) is 22.1. The summed E-state index contributed by atoms with van der Waals surface area (Å²) in [4.78, 5) is 23.0. The Labute approximate surface area is 196 Å². The number of halogens is 1. The lowest BCUT2D eigenvalue weighted by Gasteiger charge is -2.06. The number of thiazole rings is 1. The van der Waals surface area contributed by atoms with Gasteiger partial charge in [-0.05, 0) is 48.5 Å². The molecular weight excluding hydrogens is 468 g/mol. The predicted molar refractivity (Wildman–Crippen MR) is 130 cm³/mol. The lowest BCUT2D eigenvalue weighted by molar-refractivity contribution is 0.103. The Balaban J connectivity index is 1.18. The first kappa shape index (κ1) is 20.7. The van der Waals surface area contributed by atoms with Crippen molar-refractivity contribution in [3.8, 4) is 5.75 Å². The highest BCUT2D eigenvalue weighted by Gasteiger charge is 2.15. The summed E-state index contributed by atoms with van der Waals surface area (Å²) < 4.78 is 12.1. The number of carbonyl (C=O) groups excluding carboxylic acids is 1. The summed E-state index contributed by atoms with van der Waals surface area (Å²) in [6.07, 6.45) is 0. The molecule has 0 bridgehead atoms. The maximum Gasteiger partial charge on any atom is 0.265 e. The van der Waals surface area contributed by atoms with Crippen molar-refractivity contribution in [1.82, 2.24) is 9.97 Å². The van der Waals surface area contributed by atoms with E-state index in [2.05, 4.69) is 20.6 Å². The summed E-state index contributed by atoms with van der Waals surface area (Å²) in [5, 5.41) is 7.64. The third-order valence-electron chi connectivity index (χ3n) is 4.53. The van der Waals surface area contributed by atoms with Gasteiger partial charge in [0.25, 0.3) is 5.91 Å². The standard InChI is InChI=1S/C22H17ClN4O3S2/c1-12-25-16-10-14(4-7-17(16)30-12)26-20(28)18-11-19-21(31-18)27-22(32-19)24-8-9-29-15-5-2-13(23)3-6-15/h2-7,10-11H,8-9H2,1H3,(H,24,27)(H,26,28). The average Bonchev–Trinajstić information content (AvgIpc) is 3.44. The van der Waals surface area contributed by atoms with Gasteiger partial charge in [0.1, 0.15) is 22.7 Å². The van der Waals surface area contributed by atoms with E-state index in [1.165, 1.54) is 22.7 Å². The number of nitrogens with one attached hydrogen (secondary N) is 2. The number of thiophene rings is 1. The van der Waals surface area contributed by atoms with Crippen molar-refractivity contribution in [1.29, 1.82) is 0 Å². The van der Waals surface area contributed by atoms with Gasteiger partial charge in [-0.15, -0.1) is 11.3 Å². The molecule has 0 atom stereocenters. The van der Waals surface area contributed by atoms with Crippen LogP contribution in [0.15, 0.2) is 52.9 Å². The van der Waals surface area contributed by atoms with Crippen LogP contribution in [-0.2, 0) is 0 Å². The first-order valence-corrected chi connectivity index (χ1v) is 11.8. The van der Waals surface area contributed by atoms with Gasteiger partial charge in [0.15, 0.2) is 16.6 Å². The van der Waals surface area contributed by atoms with Crippen LogP contribution in [0.1, 0.15) is 15.6 Å². The SMILES string of the molecule is Cc1nc2cc(NC(=O)c3cc4sc(NCCOc5ccc(Cl)cc5)nc4s3)ccc2o1. The molecular formula is C22H17ClN4O3S2. The van der Waals surface area contributed by atoms with Crippen molar-refractivity contribution in [2.75, 3.05) is 23.8 Å². The molecule has 0 spiro atoms. The van der Waals surface area contributed by atoms with E-state index in [0.29, 0.717) is 45.7 Å². The number of carbonyl (C=O) groups is 1. The summed E-state index contributed by atoms with van der Waals surface area (Å²) in [5.41, 5.74) is 2.08. The monoisotopic (exact) mass is 484 g/mol. The van der Waals surface area contributed by atoms with Crippen molar-refractivity contribution in [2.45, 2.75) is 6.92 Å². The second kappa shape index (κ2) is 8.78. The van der Waals surface area contributed by atoms with E-state index in [1.54, 1.807) is 37.3 Å². The highest BCUT2D eigenvalue weighted by Crippen LogP contribution is 2.33. The summed E-state index contributed by atoms with van der Waals surface area (Å²) in [6, 6.07) is 14.5. The van der Waals surface area contributed by atoms with Gasteiger partial charge in [0.2, 0.25) is 0 Å². The summed E-state index contributed by atoms with van der Waals surface area (Å²) in [7, 11) is 0. The molecule has 0 aliphatic carbocycles. The normalized spacial score (nSPS) is 11.2. The molecule has 2 aromatic carbocycles. The van der Waals surface area contributed by atoms with Gasteiger partial charge in [0, 0.05) is 17.6 Å². The van der Waals surface area contributed by atoms with E-state index < -0.39 is 0 Å². The smallest absolute Gasteiger partial charge is 0.265 e. The lowest BCUT2D eigenvalue weighted by atomic mass is 10.3. The molecule has 10 heteroatoms. The van der Waals surface area contributed by atoms with Crippen molar-refractivity contribution >= 4 is 71.6 Å². The van der Waals surface area contributed by atoms with Crippen LogP contribution >= 0.6 is 34.3 Å². The Hall–Kier alpha value is -3.14. The van der Waals surface area contributed by atoms with E-state index in [1.807, 2.05) is 18.2 Å². The van der Waals surface area contributed by atoms with Crippen LogP contribution in [0.4, 0.5) is 10.8 Å². The number of aromatic nitrogens is 2. The van der Waals surface area contributed by atoms with Crippen LogP contribution in [0.25, 0.3) is 20.6 Å². The topological polar surface area (TPSA) is 89.3 Å². The number of ether oxygens (including phenoxy) is 1. The molecule has 5 rings (SSSR count). The maximum atomic E-state index is 12.7. The van der Waals surface area contributed by atoms with Crippen molar-refractivity contribution in [2.24, 2.45) is 0 Å². The fraction of sp³-hybridized carbons (Fsp3) is 0.136. The minimum Gasteiger partial charge on any atom is -0.492 e. The minimum atomic E-state index is -0.175. The molecule has 0 radical (unpaired) electrons. The first-order valence-electron chi connectivity index (χ1n) is 9.75. The van der Waals surface area contributed by atoms with Gasteiger partial charge < -0.3 is 19.8 Å². The molecule has 2 N–H and O–H groups in total. The minimum absolute atomic E-state index is 0.175. The molecule has 5 aromatic rings. The molecule has 162 valence electrons. The number of fused-ring (bicyclic) bond motifs is 2. The third-order valence-corrected chi connectivity index (χ3v) is 6.90. The summed E-state index contributed by atoms with van der Waals surface area (Å²) in [6.45, 7) is 2.90. The Kier molecular flexibility index (Phi) is 5.69. The summed E-state index contributed by atoms with van der Waals surface area (Å²) in [5.74, 6) is 1.18. The number of anilines is 2. The van der Waals surface area contributed by atoms with Crippen LogP contribution in [0.5, 0.6) is 5.75 Å².